The van der Waals surface area contributed by atoms with Crippen LogP contribution in [0, 0.1) is 42.4 Å². The monoisotopic (exact) mass is 435 g/mol. The Morgan fingerprint density at radius 1 is 0.731 bits per heavy atom. The van der Waals surface area contributed by atoms with E-state index in [0.717, 1.165) is 47.8 Å². The van der Waals surface area contributed by atoms with Crippen LogP contribution in [-0.4, -0.2) is 12.3 Å². The van der Waals surface area contributed by atoms with Gasteiger partial charge in [0.05, 0.1) is 5.71 Å². The van der Waals surface area contributed by atoms with E-state index in [0.29, 0.717) is 0 Å². The van der Waals surface area contributed by atoms with Crippen molar-refractivity contribution in [3.05, 3.63) is 6.92 Å². The minimum Gasteiger partial charge on any atom is -0.396 e. The van der Waals surface area contributed by atoms with E-state index in [9.17, 15) is 0 Å². The van der Waals surface area contributed by atoms with Crippen molar-refractivity contribution in [2.45, 2.75) is 90.9 Å². The Labute approximate surface area is 187 Å². The molecule has 0 heterocycles. The van der Waals surface area contributed by atoms with Crippen LogP contribution in [-0.2, 0) is 37.5 Å². The molecule has 3 aliphatic carbocycles. The van der Waals surface area contributed by atoms with Crippen LogP contribution in [0.25, 0.3) is 0 Å². The first-order valence-electron chi connectivity index (χ1n) is 11.1. The fourth-order valence-electron chi connectivity index (χ4n) is 5.85. The summed E-state index contributed by atoms with van der Waals surface area (Å²) < 4.78 is 0. The van der Waals surface area contributed by atoms with Crippen LogP contribution in [0.1, 0.15) is 90.9 Å². The number of rotatable bonds is 5. The SMILES string of the molecule is [CH2-]C1CCC(C2CCC(C3CCC(CON=C(C)C)CC3)CC2)CC1.[Y+3]. The fourth-order valence-corrected chi connectivity index (χ4v) is 5.85. The van der Waals surface area contributed by atoms with Gasteiger partial charge in [0.2, 0.25) is 0 Å². The Morgan fingerprint density at radius 2 is 1.12 bits per heavy atom. The minimum atomic E-state index is 0. The van der Waals surface area contributed by atoms with Gasteiger partial charge in [0.15, 0.2) is 0 Å². The molecule has 3 saturated carbocycles. The zero-order chi connectivity index (χ0) is 17.6. The molecule has 26 heavy (non-hydrogen) atoms. The Hall–Kier alpha value is 0.574. The normalized spacial score (nSPS) is 38.1. The largest absolute Gasteiger partial charge is 3.00 e. The number of hydrogen-bond donors (Lipinski definition) is 0. The molecule has 3 fully saturated rings. The molecule has 0 atom stereocenters. The van der Waals surface area contributed by atoms with Gasteiger partial charge in [0.1, 0.15) is 6.61 Å². The molecule has 0 spiro atoms. The minimum absolute atomic E-state index is 0. The average Bonchev–Trinajstić information content (AvgIpc) is 2.63. The molecule has 144 valence electrons. The van der Waals surface area contributed by atoms with Crippen LogP contribution < -0.4 is 0 Å². The zero-order valence-electron chi connectivity index (χ0n) is 17.3. The molecule has 0 amide bonds. The first-order valence-corrected chi connectivity index (χ1v) is 11.1. The summed E-state index contributed by atoms with van der Waals surface area (Å²) in [7, 11) is 0. The second-order valence-corrected chi connectivity index (χ2v) is 9.57. The van der Waals surface area contributed by atoms with E-state index in [1.54, 1.807) is 0 Å². The maximum absolute atomic E-state index is 5.49. The van der Waals surface area contributed by atoms with Crippen LogP contribution in [0.2, 0.25) is 0 Å². The third kappa shape index (κ3) is 6.87. The third-order valence-corrected chi connectivity index (χ3v) is 7.49. The zero-order valence-corrected chi connectivity index (χ0v) is 20.1. The average molecular weight is 435 g/mol. The predicted octanol–water partition coefficient (Wildman–Crippen LogP) is 6.65. The molecule has 2 nitrogen and oxygen atoms in total. The molecule has 0 radical (unpaired) electrons. The first kappa shape index (κ1) is 22.9. The van der Waals surface area contributed by atoms with Gasteiger partial charge in [-0.2, -0.15) is 5.92 Å². The van der Waals surface area contributed by atoms with Crippen molar-refractivity contribution in [1.82, 2.24) is 0 Å². The van der Waals surface area contributed by atoms with Crippen molar-refractivity contribution in [3.8, 4) is 0 Å². The molecule has 3 heteroatoms. The van der Waals surface area contributed by atoms with Crippen molar-refractivity contribution in [2.24, 2.45) is 40.7 Å². The van der Waals surface area contributed by atoms with E-state index in [1.807, 2.05) is 13.8 Å². The maximum atomic E-state index is 5.49. The van der Waals surface area contributed by atoms with E-state index in [4.69, 9.17) is 4.84 Å². The Balaban J connectivity index is 0.00000243. The summed E-state index contributed by atoms with van der Waals surface area (Å²) in [6.45, 7) is 9.10. The van der Waals surface area contributed by atoms with Gasteiger partial charge >= 0.3 is 32.7 Å². The summed E-state index contributed by atoms with van der Waals surface area (Å²) >= 11 is 0. The van der Waals surface area contributed by atoms with Gasteiger partial charge in [-0.05, 0) is 94.8 Å². The Morgan fingerprint density at radius 3 is 1.54 bits per heavy atom. The van der Waals surface area contributed by atoms with E-state index in [1.165, 1.54) is 77.0 Å². The summed E-state index contributed by atoms with van der Waals surface area (Å²) in [5, 5.41) is 4.10. The van der Waals surface area contributed by atoms with Crippen LogP contribution in [0.5, 0.6) is 0 Å². The molecular weight excluding hydrogens is 395 g/mol. The molecular formula is C23H40NOY+2. The fraction of sp³-hybridized carbons (Fsp3) is 0.913. The summed E-state index contributed by atoms with van der Waals surface area (Å²) in [5.74, 6) is 5.60. The van der Waals surface area contributed by atoms with Gasteiger partial charge in [-0.15, -0.1) is 0 Å². The smallest absolute Gasteiger partial charge is 0.396 e. The van der Waals surface area contributed by atoms with Crippen LogP contribution >= 0.6 is 0 Å². The van der Waals surface area contributed by atoms with Gasteiger partial charge in [0.25, 0.3) is 0 Å². The van der Waals surface area contributed by atoms with E-state index < -0.39 is 0 Å². The van der Waals surface area contributed by atoms with E-state index >= 15 is 0 Å². The Kier molecular flexibility index (Phi) is 10.2. The molecule has 3 aliphatic rings. The molecule has 0 aliphatic heterocycles. The molecule has 3 rings (SSSR count). The van der Waals surface area contributed by atoms with Crippen LogP contribution in [0.15, 0.2) is 5.16 Å². The quantitative estimate of drug-likeness (QED) is 0.269. The molecule has 0 aromatic carbocycles. The number of hydrogen-bond acceptors (Lipinski definition) is 2. The van der Waals surface area contributed by atoms with Crippen molar-refractivity contribution < 1.29 is 37.5 Å². The predicted molar refractivity (Wildman–Crippen MR) is 106 cm³/mol. The van der Waals surface area contributed by atoms with Crippen molar-refractivity contribution in [3.63, 3.8) is 0 Å². The van der Waals surface area contributed by atoms with Crippen molar-refractivity contribution in [1.29, 1.82) is 0 Å². The summed E-state index contributed by atoms with van der Waals surface area (Å²) in [4.78, 5) is 5.49. The molecule has 0 aromatic heterocycles. The van der Waals surface area contributed by atoms with Gasteiger partial charge in [-0.3, -0.25) is 0 Å². The summed E-state index contributed by atoms with van der Waals surface area (Å²) in [6.07, 6.45) is 17.4. The second kappa shape index (κ2) is 11.5. The van der Waals surface area contributed by atoms with Crippen molar-refractivity contribution >= 4 is 5.71 Å². The van der Waals surface area contributed by atoms with Gasteiger partial charge in [-0.25, -0.2) is 0 Å². The molecule has 0 unspecified atom stereocenters. The topological polar surface area (TPSA) is 21.6 Å². The van der Waals surface area contributed by atoms with E-state index in [-0.39, 0.29) is 32.7 Å². The number of oxime groups is 1. The molecule has 0 N–H and O–H groups in total. The maximum Gasteiger partial charge on any atom is 3.00 e. The number of nitrogens with zero attached hydrogens (tertiary/aromatic N) is 1. The molecule has 0 aromatic rings. The van der Waals surface area contributed by atoms with E-state index in [2.05, 4.69) is 12.1 Å². The van der Waals surface area contributed by atoms with Gasteiger partial charge < -0.3 is 11.8 Å². The van der Waals surface area contributed by atoms with Gasteiger partial charge in [0, 0.05) is 0 Å². The summed E-state index contributed by atoms with van der Waals surface area (Å²) in [5.41, 5.74) is 1.02. The molecule has 0 bridgehead atoms. The third-order valence-electron chi connectivity index (χ3n) is 7.49. The van der Waals surface area contributed by atoms with Crippen LogP contribution in [0.4, 0.5) is 0 Å². The first-order chi connectivity index (χ1) is 12.1. The van der Waals surface area contributed by atoms with Crippen molar-refractivity contribution in [2.75, 3.05) is 6.61 Å². The summed E-state index contributed by atoms with van der Waals surface area (Å²) in [6, 6.07) is 0. The van der Waals surface area contributed by atoms with Gasteiger partial charge in [-0.1, -0.05) is 30.8 Å². The molecule has 0 saturated heterocycles. The Bertz CT molecular complexity index is 410. The van der Waals surface area contributed by atoms with Crippen LogP contribution in [0.3, 0.4) is 0 Å². The second-order valence-electron chi connectivity index (χ2n) is 9.57. The standard InChI is InChI=1S/C23H40NO.Y/c1-17(2)24-25-16-19-6-10-21(11-7-19)23-14-12-22(13-15-23)20-8-4-18(3)5-9-20;/h18-23H,3-16H2,1-2H3;/q-1;+3.